The second-order valence-corrected chi connectivity index (χ2v) is 8.10. The second kappa shape index (κ2) is 8.30. The molecule has 0 aromatic heterocycles. The van der Waals surface area contributed by atoms with Crippen LogP contribution in [0.2, 0.25) is 0 Å². The third-order valence-corrected chi connectivity index (χ3v) is 5.23. The minimum Gasteiger partial charge on any atom is -0.495 e. The Bertz CT molecular complexity index is 955. The van der Waals surface area contributed by atoms with Gasteiger partial charge in [0, 0.05) is 11.9 Å². The van der Waals surface area contributed by atoms with Crippen molar-refractivity contribution in [3.05, 3.63) is 41.5 Å². The first-order chi connectivity index (χ1) is 12.7. The van der Waals surface area contributed by atoms with Crippen molar-refractivity contribution in [3.63, 3.8) is 0 Å². The molecule has 146 valence electrons. The Balaban J connectivity index is 2.19. The highest BCUT2D eigenvalue weighted by atomic mass is 32.2. The smallest absolute Gasteiger partial charge is 0.243 e. The first kappa shape index (κ1) is 20.6. The Morgan fingerprint density at radius 3 is 2.30 bits per heavy atom. The number of aryl methyl sites for hydroxylation is 2. The second-order valence-electron chi connectivity index (χ2n) is 6.15. The molecule has 27 heavy (non-hydrogen) atoms. The third-order valence-electron chi connectivity index (χ3n) is 4.10. The van der Waals surface area contributed by atoms with Crippen molar-refractivity contribution < 1.29 is 22.7 Å². The van der Waals surface area contributed by atoms with Crippen LogP contribution in [0.1, 0.15) is 11.1 Å². The third kappa shape index (κ3) is 4.91. The van der Waals surface area contributed by atoms with Crippen molar-refractivity contribution in [2.45, 2.75) is 18.7 Å². The zero-order valence-electron chi connectivity index (χ0n) is 16.0. The van der Waals surface area contributed by atoms with Crippen LogP contribution in [0.5, 0.6) is 11.5 Å². The van der Waals surface area contributed by atoms with Gasteiger partial charge in [-0.25, -0.2) is 8.42 Å². The molecule has 0 saturated heterocycles. The molecular weight excluding hydrogens is 368 g/mol. The summed E-state index contributed by atoms with van der Waals surface area (Å²) in [6.45, 7) is 3.91. The fourth-order valence-electron chi connectivity index (χ4n) is 2.60. The van der Waals surface area contributed by atoms with Crippen molar-refractivity contribution in [2.75, 3.05) is 37.7 Å². The monoisotopic (exact) mass is 392 g/mol. The lowest BCUT2D eigenvalue weighted by Gasteiger charge is -2.17. The van der Waals surface area contributed by atoms with Crippen molar-refractivity contribution in [1.82, 2.24) is 0 Å². The van der Waals surface area contributed by atoms with E-state index in [0.29, 0.717) is 11.4 Å². The molecule has 0 saturated carbocycles. The summed E-state index contributed by atoms with van der Waals surface area (Å²) in [5.41, 5.74) is 3.30. The van der Waals surface area contributed by atoms with Gasteiger partial charge in [-0.2, -0.15) is 0 Å². The molecule has 0 bridgehead atoms. The summed E-state index contributed by atoms with van der Waals surface area (Å²) in [6, 6.07) is 8.78. The molecule has 0 aliphatic heterocycles. The highest BCUT2D eigenvalue weighted by Gasteiger charge is 2.23. The van der Waals surface area contributed by atoms with E-state index in [0.717, 1.165) is 17.4 Å². The summed E-state index contributed by atoms with van der Waals surface area (Å²) in [4.78, 5) is 12.2. The Morgan fingerprint density at radius 2 is 1.74 bits per heavy atom. The van der Waals surface area contributed by atoms with Crippen molar-refractivity contribution in [2.24, 2.45) is 0 Å². The van der Waals surface area contributed by atoms with E-state index in [4.69, 9.17) is 9.47 Å². The van der Waals surface area contributed by atoms with Crippen LogP contribution in [-0.2, 0) is 14.6 Å². The molecule has 2 rings (SSSR count). The van der Waals surface area contributed by atoms with E-state index in [2.05, 4.69) is 10.6 Å². The van der Waals surface area contributed by atoms with Gasteiger partial charge in [0.05, 0.1) is 26.5 Å². The van der Waals surface area contributed by atoms with Crippen LogP contribution in [0.15, 0.2) is 35.2 Å². The average molecular weight is 392 g/mol. The predicted molar refractivity (Wildman–Crippen MR) is 106 cm³/mol. The van der Waals surface area contributed by atoms with E-state index in [1.165, 1.54) is 20.3 Å². The van der Waals surface area contributed by atoms with Crippen LogP contribution in [0.3, 0.4) is 0 Å². The van der Waals surface area contributed by atoms with Gasteiger partial charge in [-0.1, -0.05) is 6.07 Å². The molecule has 0 unspecified atom stereocenters. The van der Waals surface area contributed by atoms with Crippen LogP contribution in [0.25, 0.3) is 0 Å². The van der Waals surface area contributed by atoms with Crippen molar-refractivity contribution >= 4 is 27.1 Å². The largest absolute Gasteiger partial charge is 0.495 e. The van der Waals surface area contributed by atoms with Gasteiger partial charge in [-0.15, -0.1) is 0 Å². The predicted octanol–water partition coefficient (Wildman–Crippen LogP) is 2.77. The number of carbonyl (C=O) groups excluding carboxylic acids is 1. The fraction of sp³-hybridized carbons (Fsp3) is 0.316. The molecule has 0 atom stereocenters. The average Bonchev–Trinajstić information content (AvgIpc) is 2.61. The minimum absolute atomic E-state index is 0.0567. The highest BCUT2D eigenvalue weighted by molar-refractivity contribution is 7.91. The Kier molecular flexibility index (Phi) is 6.32. The number of ether oxygens (including phenoxy) is 2. The molecule has 7 nitrogen and oxygen atoms in total. The number of hydrogen-bond donors (Lipinski definition) is 2. The van der Waals surface area contributed by atoms with Gasteiger partial charge in [0.2, 0.25) is 5.91 Å². The summed E-state index contributed by atoms with van der Waals surface area (Å²) in [5, 5.41) is 5.72. The summed E-state index contributed by atoms with van der Waals surface area (Å²) in [5.74, 6) is 0.0207. The van der Waals surface area contributed by atoms with Crippen molar-refractivity contribution in [3.8, 4) is 11.5 Å². The van der Waals surface area contributed by atoms with Gasteiger partial charge in [0.25, 0.3) is 0 Å². The van der Waals surface area contributed by atoms with Crippen LogP contribution < -0.4 is 20.1 Å². The molecule has 0 fully saturated rings. The highest BCUT2D eigenvalue weighted by Crippen LogP contribution is 2.39. The topological polar surface area (TPSA) is 93.7 Å². The number of hydrogen-bond acceptors (Lipinski definition) is 6. The molecule has 0 heterocycles. The molecule has 0 spiro atoms. The Hall–Kier alpha value is -2.74. The molecular formula is C19H24N2O5S. The van der Waals surface area contributed by atoms with E-state index >= 15 is 0 Å². The van der Waals surface area contributed by atoms with E-state index in [9.17, 15) is 13.2 Å². The first-order valence-electron chi connectivity index (χ1n) is 8.23. The maximum absolute atomic E-state index is 12.2. The van der Waals surface area contributed by atoms with Gasteiger partial charge in [0.1, 0.15) is 5.75 Å². The molecule has 8 heteroatoms. The Labute approximate surface area is 159 Å². The fourth-order valence-corrected chi connectivity index (χ4v) is 3.65. The van der Waals surface area contributed by atoms with Gasteiger partial charge in [-0.05, 0) is 49.2 Å². The zero-order chi connectivity index (χ0) is 20.2. The maximum atomic E-state index is 12.2. The number of sulfone groups is 1. The Morgan fingerprint density at radius 1 is 1.04 bits per heavy atom. The minimum atomic E-state index is -3.60. The van der Waals surface area contributed by atoms with Crippen LogP contribution in [-0.4, -0.2) is 41.3 Å². The number of amides is 1. The molecule has 0 radical (unpaired) electrons. The van der Waals surface area contributed by atoms with E-state index < -0.39 is 9.84 Å². The number of anilines is 2. The normalized spacial score (nSPS) is 11.0. The SMILES string of the molecule is COc1ccc(NCC(=O)Nc2ccc(C)c(C)c2)c(OC)c1S(C)(=O)=O. The number of nitrogens with one attached hydrogen (secondary N) is 2. The van der Waals surface area contributed by atoms with E-state index in [-0.39, 0.29) is 28.8 Å². The van der Waals surface area contributed by atoms with Gasteiger partial charge in [0.15, 0.2) is 20.5 Å². The van der Waals surface area contributed by atoms with Gasteiger partial charge in [-0.3, -0.25) is 4.79 Å². The molecule has 2 aromatic rings. The molecule has 2 aromatic carbocycles. The lowest BCUT2D eigenvalue weighted by molar-refractivity contribution is -0.114. The lowest BCUT2D eigenvalue weighted by Crippen LogP contribution is -2.22. The standard InChI is InChI=1S/C19H24N2O5S/c1-12-6-7-14(10-13(12)2)21-17(22)11-20-15-8-9-16(25-3)19(18(15)26-4)27(5,23)24/h6-10,20H,11H2,1-5H3,(H,21,22). The van der Waals surface area contributed by atoms with Crippen LogP contribution >= 0.6 is 0 Å². The van der Waals surface area contributed by atoms with E-state index in [1.54, 1.807) is 6.07 Å². The van der Waals surface area contributed by atoms with Gasteiger partial charge < -0.3 is 20.1 Å². The molecule has 0 aliphatic carbocycles. The van der Waals surface area contributed by atoms with Gasteiger partial charge >= 0.3 is 0 Å². The summed E-state index contributed by atoms with van der Waals surface area (Å²) >= 11 is 0. The molecule has 1 amide bonds. The maximum Gasteiger partial charge on any atom is 0.243 e. The lowest BCUT2D eigenvalue weighted by atomic mass is 10.1. The van der Waals surface area contributed by atoms with Crippen molar-refractivity contribution in [1.29, 1.82) is 0 Å². The quantitative estimate of drug-likeness (QED) is 0.753. The summed E-state index contributed by atoms with van der Waals surface area (Å²) in [7, 11) is -0.850. The number of benzene rings is 2. The van der Waals surface area contributed by atoms with Crippen LogP contribution in [0, 0.1) is 13.8 Å². The zero-order valence-corrected chi connectivity index (χ0v) is 16.9. The number of methoxy groups -OCH3 is 2. The van der Waals surface area contributed by atoms with Crippen LogP contribution in [0.4, 0.5) is 11.4 Å². The summed E-state index contributed by atoms with van der Waals surface area (Å²) < 4.78 is 34.6. The summed E-state index contributed by atoms with van der Waals surface area (Å²) in [6.07, 6.45) is 1.07. The first-order valence-corrected chi connectivity index (χ1v) is 10.1. The molecule has 2 N–H and O–H groups in total. The molecule has 0 aliphatic rings. The van der Waals surface area contributed by atoms with E-state index in [1.807, 2.05) is 32.0 Å². The number of rotatable bonds is 7. The number of carbonyl (C=O) groups is 1.